The van der Waals surface area contributed by atoms with Gasteiger partial charge >= 0.3 is 0 Å². The van der Waals surface area contributed by atoms with Gasteiger partial charge in [0.05, 0.1) is 18.5 Å². The van der Waals surface area contributed by atoms with Crippen molar-refractivity contribution in [3.05, 3.63) is 29.8 Å². The number of rotatable bonds is 5. The summed E-state index contributed by atoms with van der Waals surface area (Å²) in [6, 6.07) is 6.99. The van der Waals surface area contributed by atoms with E-state index < -0.39 is 0 Å². The highest BCUT2D eigenvalue weighted by atomic mass is 35.5. The molecule has 0 aliphatic heterocycles. The average Bonchev–Trinajstić information content (AvgIpc) is 2.26. The number of halogens is 1. The standard InChI is InChI=1S/C10H14ClNO2/c11-5-6-14-9-3-1-8(2-4-9)10(12)7-13/h1-4,10,13H,5-7,12H2. The molecule has 0 heterocycles. The number of aliphatic hydroxyl groups is 1. The lowest BCUT2D eigenvalue weighted by molar-refractivity contribution is 0.268. The number of hydrogen-bond acceptors (Lipinski definition) is 3. The molecule has 0 saturated carbocycles. The van der Waals surface area contributed by atoms with Gasteiger partial charge in [-0.3, -0.25) is 0 Å². The number of aliphatic hydroxyl groups excluding tert-OH is 1. The van der Waals surface area contributed by atoms with Crippen LogP contribution in [-0.2, 0) is 0 Å². The highest BCUT2D eigenvalue weighted by Gasteiger charge is 2.03. The summed E-state index contributed by atoms with van der Waals surface area (Å²) in [5.74, 6) is 1.23. The van der Waals surface area contributed by atoms with Crippen molar-refractivity contribution in [3.8, 4) is 5.75 Å². The van der Waals surface area contributed by atoms with Crippen molar-refractivity contribution in [3.63, 3.8) is 0 Å². The monoisotopic (exact) mass is 215 g/mol. The van der Waals surface area contributed by atoms with E-state index >= 15 is 0 Å². The SMILES string of the molecule is NC(CO)c1ccc(OCCCl)cc1. The van der Waals surface area contributed by atoms with Gasteiger partial charge in [0, 0.05) is 0 Å². The third kappa shape index (κ3) is 3.18. The van der Waals surface area contributed by atoms with Crippen LogP contribution in [0.15, 0.2) is 24.3 Å². The van der Waals surface area contributed by atoms with Gasteiger partial charge in [0.15, 0.2) is 0 Å². The van der Waals surface area contributed by atoms with Crippen molar-refractivity contribution in [2.24, 2.45) is 5.73 Å². The maximum absolute atomic E-state index is 8.83. The number of hydrogen-bond donors (Lipinski definition) is 2. The van der Waals surface area contributed by atoms with Gasteiger partial charge in [-0.05, 0) is 17.7 Å². The second-order valence-electron chi connectivity index (χ2n) is 2.90. The predicted molar refractivity (Wildman–Crippen MR) is 56.7 cm³/mol. The Hall–Kier alpha value is -0.770. The van der Waals surface area contributed by atoms with Crippen LogP contribution >= 0.6 is 11.6 Å². The molecule has 3 nitrogen and oxygen atoms in total. The lowest BCUT2D eigenvalue weighted by Crippen LogP contribution is -2.14. The molecular weight excluding hydrogens is 202 g/mol. The Balaban J connectivity index is 2.59. The number of benzene rings is 1. The largest absolute Gasteiger partial charge is 0.492 e. The first-order valence-electron chi connectivity index (χ1n) is 4.43. The highest BCUT2D eigenvalue weighted by molar-refractivity contribution is 6.17. The molecule has 78 valence electrons. The van der Waals surface area contributed by atoms with Gasteiger partial charge < -0.3 is 15.6 Å². The predicted octanol–water partition coefficient (Wildman–Crippen LogP) is 1.30. The van der Waals surface area contributed by atoms with Crippen molar-refractivity contribution in [2.75, 3.05) is 19.1 Å². The minimum atomic E-state index is -0.322. The lowest BCUT2D eigenvalue weighted by Gasteiger charge is -2.09. The molecule has 0 radical (unpaired) electrons. The summed E-state index contributed by atoms with van der Waals surface area (Å²) in [7, 11) is 0. The molecule has 0 aliphatic rings. The van der Waals surface area contributed by atoms with E-state index in [1.54, 1.807) is 0 Å². The molecule has 1 aromatic carbocycles. The molecule has 1 aromatic rings. The average molecular weight is 216 g/mol. The van der Waals surface area contributed by atoms with Crippen LogP contribution < -0.4 is 10.5 Å². The fraction of sp³-hybridized carbons (Fsp3) is 0.400. The Labute approximate surface area is 88.4 Å². The Bertz CT molecular complexity index is 263. The molecule has 0 amide bonds. The van der Waals surface area contributed by atoms with Crippen LogP contribution in [0, 0.1) is 0 Å². The first kappa shape index (κ1) is 11.3. The van der Waals surface area contributed by atoms with Crippen LogP contribution in [0.4, 0.5) is 0 Å². The van der Waals surface area contributed by atoms with Crippen molar-refractivity contribution >= 4 is 11.6 Å². The smallest absolute Gasteiger partial charge is 0.119 e. The lowest BCUT2D eigenvalue weighted by atomic mass is 10.1. The van der Waals surface area contributed by atoms with Gasteiger partial charge in [0.1, 0.15) is 12.4 Å². The molecule has 0 fully saturated rings. The summed E-state index contributed by atoms with van der Waals surface area (Å²) < 4.78 is 5.29. The van der Waals surface area contributed by atoms with Crippen LogP contribution in [0.3, 0.4) is 0 Å². The summed E-state index contributed by atoms with van der Waals surface area (Å²) >= 11 is 5.48. The molecule has 3 N–H and O–H groups in total. The molecule has 4 heteroatoms. The van der Waals surface area contributed by atoms with Gasteiger partial charge in [-0.15, -0.1) is 11.6 Å². The quantitative estimate of drug-likeness (QED) is 0.728. The molecular formula is C10H14ClNO2. The van der Waals surface area contributed by atoms with Gasteiger partial charge in [0.25, 0.3) is 0 Å². The van der Waals surface area contributed by atoms with E-state index in [0.717, 1.165) is 11.3 Å². The van der Waals surface area contributed by atoms with E-state index in [1.807, 2.05) is 24.3 Å². The first-order chi connectivity index (χ1) is 6.77. The molecule has 14 heavy (non-hydrogen) atoms. The topological polar surface area (TPSA) is 55.5 Å². The zero-order chi connectivity index (χ0) is 10.4. The fourth-order valence-corrected chi connectivity index (χ4v) is 1.15. The van der Waals surface area contributed by atoms with Crippen LogP contribution in [0.1, 0.15) is 11.6 Å². The second-order valence-corrected chi connectivity index (χ2v) is 3.27. The Morgan fingerprint density at radius 3 is 2.50 bits per heavy atom. The van der Waals surface area contributed by atoms with E-state index in [9.17, 15) is 0 Å². The minimum Gasteiger partial charge on any atom is -0.492 e. The summed E-state index contributed by atoms with van der Waals surface area (Å²) in [6.45, 7) is 0.439. The van der Waals surface area contributed by atoms with Crippen LogP contribution in [-0.4, -0.2) is 24.2 Å². The normalized spacial score (nSPS) is 12.5. The summed E-state index contributed by atoms with van der Waals surface area (Å²) in [4.78, 5) is 0. The number of ether oxygens (including phenoxy) is 1. The highest BCUT2D eigenvalue weighted by Crippen LogP contribution is 2.15. The fourth-order valence-electron chi connectivity index (χ4n) is 1.07. The van der Waals surface area contributed by atoms with Gasteiger partial charge in [0.2, 0.25) is 0 Å². The second kappa shape index (κ2) is 5.86. The molecule has 1 rings (SSSR count). The minimum absolute atomic E-state index is 0.0537. The number of nitrogens with two attached hydrogens (primary N) is 1. The number of alkyl halides is 1. The van der Waals surface area contributed by atoms with E-state index in [-0.39, 0.29) is 12.6 Å². The summed E-state index contributed by atoms with van der Waals surface area (Å²) in [5, 5.41) is 8.83. The third-order valence-electron chi connectivity index (χ3n) is 1.85. The molecule has 0 spiro atoms. The van der Waals surface area contributed by atoms with Crippen molar-refractivity contribution in [2.45, 2.75) is 6.04 Å². The maximum Gasteiger partial charge on any atom is 0.119 e. The summed E-state index contributed by atoms with van der Waals surface area (Å²) in [5.41, 5.74) is 6.53. The Kier molecular flexibility index (Phi) is 4.73. The van der Waals surface area contributed by atoms with Gasteiger partial charge in [-0.2, -0.15) is 0 Å². The van der Waals surface area contributed by atoms with Crippen LogP contribution in [0.5, 0.6) is 5.75 Å². The molecule has 0 saturated heterocycles. The van der Waals surface area contributed by atoms with Crippen molar-refractivity contribution < 1.29 is 9.84 Å². The van der Waals surface area contributed by atoms with Crippen molar-refractivity contribution in [1.29, 1.82) is 0 Å². The molecule has 1 unspecified atom stereocenters. The molecule has 1 atom stereocenters. The Morgan fingerprint density at radius 1 is 1.36 bits per heavy atom. The molecule has 0 bridgehead atoms. The zero-order valence-electron chi connectivity index (χ0n) is 7.82. The van der Waals surface area contributed by atoms with Crippen LogP contribution in [0.2, 0.25) is 0 Å². The van der Waals surface area contributed by atoms with Gasteiger partial charge in [-0.1, -0.05) is 12.1 Å². The van der Waals surface area contributed by atoms with E-state index in [4.69, 9.17) is 27.2 Å². The third-order valence-corrected chi connectivity index (χ3v) is 2.01. The Morgan fingerprint density at radius 2 is 2.00 bits per heavy atom. The van der Waals surface area contributed by atoms with E-state index in [1.165, 1.54) is 0 Å². The maximum atomic E-state index is 8.83. The van der Waals surface area contributed by atoms with Crippen LogP contribution in [0.25, 0.3) is 0 Å². The summed E-state index contributed by atoms with van der Waals surface area (Å²) in [6.07, 6.45) is 0. The van der Waals surface area contributed by atoms with Crippen molar-refractivity contribution in [1.82, 2.24) is 0 Å². The first-order valence-corrected chi connectivity index (χ1v) is 4.96. The van der Waals surface area contributed by atoms with E-state index in [0.29, 0.717) is 12.5 Å². The molecule has 0 aromatic heterocycles. The molecule has 0 aliphatic carbocycles. The van der Waals surface area contributed by atoms with E-state index in [2.05, 4.69) is 0 Å². The van der Waals surface area contributed by atoms with Gasteiger partial charge in [-0.25, -0.2) is 0 Å². The zero-order valence-corrected chi connectivity index (χ0v) is 8.57.